The number of rotatable bonds is 5. The highest BCUT2D eigenvalue weighted by Gasteiger charge is 2.48. The molecule has 1 atom stereocenters. The zero-order valence-electron chi connectivity index (χ0n) is 16.7. The Hall–Kier alpha value is -3.59. The molecule has 7 nitrogen and oxygen atoms in total. The van der Waals surface area contributed by atoms with Crippen LogP contribution in [0, 0.1) is 12.7 Å². The molecule has 1 saturated heterocycles. The molecule has 1 unspecified atom stereocenters. The molecule has 2 aromatic carbocycles. The second-order valence-corrected chi connectivity index (χ2v) is 7.95. The van der Waals surface area contributed by atoms with Crippen molar-refractivity contribution < 1.29 is 23.8 Å². The number of aryl methyl sites for hydroxylation is 1. The molecule has 0 spiro atoms. The number of carbonyl (C=O) groups excluding carboxylic acids is 2. The number of halogens is 1. The molecule has 0 aliphatic carbocycles. The summed E-state index contributed by atoms with van der Waals surface area (Å²) in [4.78, 5) is 27.2. The SMILES string of the molecule is CCOc1cccc(C2/C(=C(\O)c3ccc(F)cc3)C(=O)C(=O)N2c2nnc(C)s2)c1. The van der Waals surface area contributed by atoms with Crippen molar-refractivity contribution in [3.8, 4) is 5.75 Å². The largest absolute Gasteiger partial charge is 0.507 e. The molecule has 0 bridgehead atoms. The molecule has 3 aromatic rings. The Morgan fingerprint density at radius 1 is 1.19 bits per heavy atom. The summed E-state index contributed by atoms with van der Waals surface area (Å²) in [5, 5.41) is 19.8. The molecule has 0 saturated carbocycles. The van der Waals surface area contributed by atoms with Crippen LogP contribution >= 0.6 is 11.3 Å². The zero-order chi connectivity index (χ0) is 22.1. The molecule has 2 heterocycles. The van der Waals surface area contributed by atoms with Gasteiger partial charge in [-0.15, -0.1) is 10.2 Å². The van der Waals surface area contributed by atoms with Crippen molar-refractivity contribution in [1.82, 2.24) is 10.2 Å². The number of nitrogens with zero attached hydrogens (tertiary/aromatic N) is 3. The van der Waals surface area contributed by atoms with E-state index in [0.29, 0.717) is 22.9 Å². The summed E-state index contributed by atoms with van der Waals surface area (Å²) in [7, 11) is 0. The fraction of sp³-hybridized carbons (Fsp3) is 0.182. The molecule has 1 aliphatic rings. The summed E-state index contributed by atoms with van der Waals surface area (Å²) >= 11 is 1.16. The van der Waals surface area contributed by atoms with Crippen molar-refractivity contribution >= 4 is 33.9 Å². The quantitative estimate of drug-likeness (QED) is 0.367. The molecule has 1 aliphatic heterocycles. The highest BCUT2D eigenvalue weighted by molar-refractivity contribution is 7.15. The van der Waals surface area contributed by atoms with E-state index in [9.17, 15) is 19.1 Å². The predicted octanol–water partition coefficient (Wildman–Crippen LogP) is 4.01. The van der Waals surface area contributed by atoms with E-state index in [2.05, 4.69) is 10.2 Å². The van der Waals surface area contributed by atoms with Gasteiger partial charge in [0.05, 0.1) is 18.2 Å². The predicted molar refractivity (Wildman–Crippen MR) is 113 cm³/mol. The van der Waals surface area contributed by atoms with Gasteiger partial charge in [0.2, 0.25) is 5.13 Å². The molecule has 1 N–H and O–H groups in total. The van der Waals surface area contributed by atoms with Gasteiger partial charge in [0, 0.05) is 5.56 Å². The Morgan fingerprint density at radius 2 is 1.94 bits per heavy atom. The van der Waals surface area contributed by atoms with E-state index in [1.807, 2.05) is 6.92 Å². The second-order valence-electron chi connectivity index (χ2n) is 6.79. The summed E-state index contributed by atoms with van der Waals surface area (Å²) in [5.41, 5.74) is 0.665. The Morgan fingerprint density at radius 3 is 2.58 bits per heavy atom. The summed E-state index contributed by atoms with van der Waals surface area (Å²) < 4.78 is 18.9. The van der Waals surface area contributed by atoms with E-state index < -0.39 is 29.3 Å². The Kier molecular flexibility index (Phi) is 5.51. The minimum atomic E-state index is -0.946. The first-order valence-corrected chi connectivity index (χ1v) is 10.3. The van der Waals surface area contributed by atoms with Gasteiger partial charge in [-0.05, 0) is 55.8 Å². The van der Waals surface area contributed by atoms with Crippen LogP contribution in [0.25, 0.3) is 5.76 Å². The van der Waals surface area contributed by atoms with Gasteiger partial charge in [-0.3, -0.25) is 14.5 Å². The first kappa shape index (κ1) is 20.7. The molecule has 31 heavy (non-hydrogen) atoms. The smallest absolute Gasteiger partial charge is 0.301 e. The van der Waals surface area contributed by atoms with Crippen molar-refractivity contribution in [3.63, 3.8) is 0 Å². The lowest BCUT2D eigenvalue weighted by molar-refractivity contribution is -0.132. The van der Waals surface area contributed by atoms with Gasteiger partial charge in [-0.2, -0.15) is 0 Å². The third-order valence-electron chi connectivity index (χ3n) is 4.77. The van der Waals surface area contributed by atoms with Crippen LogP contribution in [0.3, 0.4) is 0 Å². The summed E-state index contributed by atoms with van der Waals surface area (Å²) in [6.45, 7) is 4.02. The Balaban J connectivity index is 1.93. The minimum Gasteiger partial charge on any atom is -0.507 e. The van der Waals surface area contributed by atoms with E-state index in [-0.39, 0.29) is 16.3 Å². The molecule has 1 amide bonds. The van der Waals surface area contributed by atoms with E-state index in [1.165, 1.54) is 29.2 Å². The molecule has 158 valence electrons. The molecule has 4 rings (SSSR count). The van der Waals surface area contributed by atoms with Crippen molar-refractivity contribution in [2.75, 3.05) is 11.5 Å². The topological polar surface area (TPSA) is 92.6 Å². The van der Waals surface area contributed by atoms with Crippen molar-refractivity contribution in [3.05, 3.63) is 76.1 Å². The van der Waals surface area contributed by atoms with Gasteiger partial charge in [0.1, 0.15) is 22.3 Å². The number of anilines is 1. The average Bonchev–Trinajstić information content (AvgIpc) is 3.29. The molecular weight excluding hydrogens is 421 g/mol. The Bertz CT molecular complexity index is 1190. The lowest BCUT2D eigenvalue weighted by atomic mass is 9.95. The minimum absolute atomic E-state index is 0.113. The number of benzene rings is 2. The lowest BCUT2D eigenvalue weighted by Gasteiger charge is -2.23. The van der Waals surface area contributed by atoms with E-state index in [0.717, 1.165) is 11.3 Å². The first-order chi connectivity index (χ1) is 14.9. The van der Waals surface area contributed by atoms with Crippen LogP contribution in [0.5, 0.6) is 5.75 Å². The van der Waals surface area contributed by atoms with Crippen molar-refractivity contribution in [2.45, 2.75) is 19.9 Å². The molecule has 9 heteroatoms. The van der Waals surface area contributed by atoms with Crippen LogP contribution < -0.4 is 9.64 Å². The molecule has 0 radical (unpaired) electrons. The monoisotopic (exact) mass is 439 g/mol. The lowest BCUT2D eigenvalue weighted by Crippen LogP contribution is -2.29. The average molecular weight is 439 g/mol. The van der Waals surface area contributed by atoms with Gasteiger partial charge in [0.25, 0.3) is 5.78 Å². The number of ether oxygens (including phenoxy) is 1. The van der Waals surface area contributed by atoms with Crippen molar-refractivity contribution in [1.29, 1.82) is 0 Å². The van der Waals surface area contributed by atoms with Crippen LogP contribution in [0.15, 0.2) is 54.1 Å². The summed E-state index contributed by atoms with van der Waals surface area (Å²) in [6, 6.07) is 11.0. The van der Waals surface area contributed by atoms with Gasteiger partial charge >= 0.3 is 5.91 Å². The Labute approximate surface area is 181 Å². The van der Waals surface area contributed by atoms with Crippen molar-refractivity contribution in [2.24, 2.45) is 0 Å². The van der Waals surface area contributed by atoms with Gasteiger partial charge in [0.15, 0.2) is 0 Å². The standard InChI is InChI=1S/C22H18FN3O4S/c1-3-30-16-6-4-5-14(11-16)18-17(19(27)13-7-9-15(23)10-8-13)20(28)21(29)26(18)22-25-24-12(2)31-22/h4-11,18,27H,3H2,1-2H3/b19-17+. The number of carbonyl (C=O) groups is 2. The van der Waals surface area contributed by atoms with Crippen LogP contribution in [-0.4, -0.2) is 33.6 Å². The van der Waals surface area contributed by atoms with E-state index >= 15 is 0 Å². The number of hydrogen-bond donors (Lipinski definition) is 1. The number of aliphatic hydroxyl groups excluding tert-OH is 1. The molecular formula is C22H18FN3O4S. The number of aliphatic hydroxyl groups is 1. The third kappa shape index (κ3) is 3.79. The van der Waals surface area contributed by atoms with E-state index in [4.69, 9.17) is 4.74 Å². The van der Waals surface area contributed by atoms with Crippen LogP contribution in [-0.2, 0) is 9.59 Å². The molecule has 1 aromatic heterocycles. The maximum Gasteiger partial charge on any atom is 0.301 e. The zero-order valence-corrected chi connectivity index (χ0v) is 17.5. The number of hydrogen-bond acceptors (Lipinski definition) is 7. The number of aromatic nitrogens is 2. The molecule has 1 fully saturated rings. The maximum absolute atomic E-state index is 13.4. The van der Waals surface area contributed by atoms with Gasteiger partial charge in [-0.25, -0.2) is 4.39 Å². The number of ketones is 1. The fourth-order valence-electron chi connectivity index (χ4n) is 3.43. The first-order valence-electron chi connectivity index (χ1n) is 9.50. The highest BCUT2D eigenvalue weighted by atomic mass is 32.1. The summed E-state index contributed by atoms with van der Waals surface area (Å²) in [6.07, 6.45) is 0. The third-order valence-corrected chi connectivity index (χ3v) is 5.61. The van der Waals surface area contributed by atoms with Crippen LogP contribution in [0.2, 0.25) is 0 Å². The van der Waals surface area contributed by atoms with Gasteiger partial charge < -0.3 is 9.84 Å². The fourth-order valence-corrected chi connectivity index (χ4v) is 4.15. The number of amides is 1. The highest BCUT2D eigenvalue weighted by Crippen LogP contribution is 2.43. The van der Waals surface area contributed by atoms with Crippen LogP contribution in [0.4, 0.5) is 9.52 Å². The van der Waals surface area contributed by atoms with Crippen LogP contribution in [0.1, 0.15) is 29.1 Å². The van der Waals surface area contributed by atoms with E-state index in [1.54, 1.807) is 31.2 Å². The normalized spacial score (nSPS) is 17.9. The summed E-state index contributed by atoms with van der Waals surface area (Å²) in [5.74, 6) is -2.01. The second kappa shape index (κ2) is 8.27. The maximum atomic E-state index is 13.4. The van der Waals surface area contributed by atoms with Gasteiger partial charge in [-0.1, -0.05) is 23.5 Å². The number of Topliss-reactive ketones (excluding diaryl/α,β-unsaturated/α-hetero) is 1.